The van der Waals surface area contributed by atoms with Crippen LogP contribution in [0.5, 0.6) is 0 Å². The van der Waals surface area contributed by atoms with Gasteiger partial charge in [-0.05, 0) is 47.2 Å². The molecule has 0 saturated heterocycles. The molecule has 0 saturated carbocycles. The van der Waals surface area contributed by atoms with Gasteiger partial charge in [-0.15, -0.1) is 11.3 Å². The molecule has 2 aromatic heterocycles. The van der Waals surface area contributed by atoms with Crippen molar-refractivity contribution in [1.82, 2.24) is 4.98 Å². The number of fused-ring (bicyclic) bond motifs is 1. The summed E-state index contributed by atoms with van der Waals surface area (Å²) < 4.78 is 28.1. The molecule has 2 heterocycles. The molecule has 20 heavy (non-hydrogen) atoms. The molecule has 0 unspecified atom stereocenters. The van der Waals surface area contributed by atoms with Crippen molar-refractivity contribution >= 4 is 48.7 Å². The van der Waals surface area contributed by atoms with Crippen molar-refractivity contribution in [2.45, 2.75) is 4.90 Å². The Morgan fingerprint density at radius 1 is 1.20 bits per heavy atom. The second kappa shape index (κ2) is 5.05. The Bertz CT molecular complexity index is 875. The first kappa shape index (κ1) is 13.4. The van der Waals surface area contributed by atoms with Gasteiger partial charge in [-0.25, -0.2) is 13.4 Å². The highest BCUT2D eigenvalue weighted by Crippen LogP contribution is 2.26. The van der Waals surface area contributed by atoms with Gasteiger partial charge in [0.1, 0.15) is 10.0 Å². The summed E-state index contributed by atoms with van der Waals surface area (Å²) in [5.74, 6) is 0. The first-order valence-corrected chi connectivity index (χ1v) is 8.41. The fraction of sp³-hybridized carbons (Fsp3) is 0. The summed E-state index contributed by atoms with van der Waals surface area (Å²) in [6.07, 6.45) is 1.44. The number of hydrogen-bond acceptors (Lipinski definition) is 4. The number of sulfonamides is 1. The Morgan fingerprint density at radius 3 is 2.85 bits per heavy atom. The van der Waals surface area contributed by atoms with Gasteiger partial charge < -0.3 is 0 Å². The normalized spacial score (nSPS) is 11.7. The van der Waals surface area contributed by atoms with Crippen molar-refractivity contribution in [3.63, 3.8) is 0 Å². The lowest BCUT2D eigenvalue weighted by molar-refractivity contribution is 0.601. The van der Waals surface area contributed by atoms with Gasteiger partial charge in [0.25, 0.3) is 10.0 Å². The van der Waals surface area contributed by atoms with Gasteiger partial charge >= 0.3 is 0 Å². The van der Waals surface area contributed by atoms with E-state index >= 15 is 0 Å². The van der Waals surface area contributed by atoms with Crippen molar-refractivity contribution in [1.29, 1.82) is 0 Å². The molecule has 0 atom stereocenters. The highest BCUT2D eigenvalue weighted by molar-refractivity contribution is 7.92. The lowest BCUT2D eigenvalue weighted by Crippen LogP contribution is -2.13. The molecule has 0 amide bonds. The summed E-state index contributed by atoms with van der Waals surface area (Å²) in [5, 5.41) is 2.91. The van der Waals surface area contributed by atoms with Crippen LogP contribution in [-0.2, 0) is 10.0 Å². The zero-order valence-corrected chi connectivity index (χ0v) is 12.5. The predicted octanol–water partition coefficient (Wildman–Crippen LogP) is 3.75. The van der Waals surface area contributed by atoms with Crippen molar-refractivity contribution < 1.29 is 8.42 Å². The summed E-state index contributed by atoms with van der Waals surface area (Å²) >= 11 is 7.43. The third-order valence-corrected chi connectivity index (χ3v) is 5.44. The number of nitrogens with one attached hydrogen (secondary N) is 1. The van der Waals surface area contributed by atoms with Crippen LogP contribution in [0.2, 0.25) is 5.15 Å². The average Bonchev–Trinajstić information content (AvgIpc) is 2.86. The number of pyridine rings is 1. The summed E-state index contributed by atoms with van der Waals surface area (Å²) in [5.41, 5.74) is 0.496. The third kappa shape index (κ3) is 2.49. The van der Waals surface area contributed by atoms with Crippen LogP contribution in [-0.4, -0.2) is 13.4 Å². The molecule has 7 heteroatoms. The SMILES string of the molecule is O=S(=O)(Nc1ccc2sccc2c1)c1cccnc1Cl. The van der Waals surface area contributed by atoms with Gasteiger partial charge in [0, 0.05) is 16.6 Å². The van der Waals surface area contributed by atoms with E-state index in [4.69, 9.17) is 11.6 Å². The number of halogens is 1. The van der Waals surface area contributed by atoms with Gasteiger partial charge in [-0.2, -0.15) is 0 Å². The first-order valence-electron chi connectivity index (χ1n) is 5.67. The minimum absolute atomic E-state index is 0.0351. The minimum Gasteiger partial charge on any atom is -0.280 e. The Morgan fingerprint density at radius 2 is 2.05 bits per heavy atom. The number of aromatic nitrogens is 1. The van der Waals surface area contributed by atoms with E-state index in [1.54, 1.807) is 23.5 Å². The van der Waals surface area contributed by atoms with Crippen molar-refractivity contribution in [3.8, 4) is 0 Å². The monoisotopic (exact) mass is 324 g/mol. The number of hydrogen-bond donors (Lipinski definition) is 1. The Kier molecular flexibility index (Phi) is 3.37. The summed E-state index contributed by atoms with van der Waals surface area (Å²) in [7, 11) is -3.74. The van der Waals surface area contributed by atoms with Crippen LogP contribution in [0.3, 0.4) is 0 Å². The topological polar surface area (TPSA) is 59.1 Å². The Balaban J connectivity index is 1.99. The van der Waals surface area contributed by atoms with E-state index in [-0.39, 0.29) is 10.0 Å². The fourth-order valence-electron chi connectivity index (χ4n) is 1.81. The van der Waals surface area contributed by atoms with Crippen LogP contribution in [0.4, 0.5) is 5.69 Å². The van der Waals surface area contributed by atoms with Crippen LogP contribution >= 0.6 is 22.9 Å². The number of benzene rings is 1. The molecule has 3 rings (SSSR count). The van der Waals surface area contributed by atoms with E-state index in [1.165, 1.54) is 18.3 Å². The van der Waals surface area contributed by atoms with E-state index in [9.17, 15) is 8.42 Å². The van der Waals surface area contributed by atoms with Crippen LogP contribution in [0.25, 0.3) is 10.1 Å². The molecule has 0 radical (unpaired) electrons. The maximum absolute atomic E-state index is 12.3. The van der Waals surface area contributed by atoms with Gasteiger partial charge in [-0.3, -0.25) is 4.72 Å². The molecule has 0 spiro atoms. The van der Waals surface area contributed by atoms with E-state index in [0.717, 1.165) is 10.1 Å². The molecule has 1 aromatic carbocycles. The average molecular weight is 325 g/mol. The Hall–Kier alpha value is -1.63. The van der Waals surface area contributed by atoms with Crippen LogP contribution in [0.15, 0.2) is 52.9 Å². The van der Waals surface area contributed by atoms with Gasteiger partial charge in [0.2, 0.25) is 0 Å². The minimum atomic E-state index is -3.74. The van der Waals surface area contributed by atoms with E-state index < -0.39 is 10.0 Å². The summed E-state index contributed by atoms with van der Waals surface area (Å²) in [4.78, 5) is 3.74. The van der Waals surface area contributed by atoms with Crippen LogP contribution < -0.4 is 4.72 Å². The van der Waals surface area contributed by atoms with Gasteiger partial charge in [-0.1, -0.05) is 11.6 Å². The van der Waals surface area contributed by atoms with Crippen LogP contribution in [0.1, 0.15) is 0 Å². The molecule has 0 fully saturated rings. The Labute approximate surface area is 125 Å². The molecule has 3 aromatic rings. The smallest absolute Gasteiger partial charge is 0.264 e. The van der Waals surface area contributed by atoms with Gasteiger partial charge in [0.05, 0.1) is 0 Å². The van der Waals surface area contributed by atoms with Crippen LogP contribution in [0, 0.1) is 0 Å². The second-order valence-corrected chi connectivity index (χ2v) is 7.03. The molecule has 0 aliphatic heterocycles. The zero-order valence-electron chi connectivity index (χ0n) is 10.1. The highest BCUT2D eigenvalue weighted by atomic mass is 35.5. The van der Waals surface area contributed by atoms with E-state index in [1.807, 2.05) is 17.5 Å². The van der Waals surface area contributed by atoms with E-state index in [0.29, 0.717) is 5.69 Å². The zero-order chi connectivity index (χ0) is 14.2. The molecular formula is C13H9ClN2O2S2. The van der Waals surface area contributed by atoms with E-state index in [2.05, 4.69) is 9.71 Å². The molecule has 1 N–H and O–H groups in total. The molecule has 4 nitrogen and oxygen atoms in total. The summed E-state index contributed by atoms with van der Waals surface area (Å²) in [6.45, 7) is 0. The molecule has 0 aliphatic carbocycles. The predicted molar refractivity (Wildman–Crippen MR) is 81.9 cm³/mol. The molecular weight excluding hydrogens is 316 g/mol. The van der Waals surface area contributed by atoms with Crippen molar-refractivity contribution in [2.24, 2.45) is 0 Å². The maximum atomic E-state index is 12.3. The number of nitrogens with zero attached hydrogens (tertiary/aromatic N) is 1. The maximum Gasteiger partial charge on any atom is 0.264 e. The lowest BCUT2D eigenvalue weighted by Gasteiger charge is -2.08. The molecule has 0 bridgehead atoms. The van der Waals surface area contributed by atoms with Crippen molar-refractivity contribution in [2.75, 3.05) is 4.72 Å². The molecule has 102 valence electrons. The number of thiophene rings is 1. The third-order valence-electron chi connectivity index (χ3n) is 2.72. The number of anilines is 1. The van der Waals surface area contributed by atoms with Crippen molar-refractivity contribution in [3.05, 3.63) is 53.1 Å². The molecule has 0 aliphatic rings. The fourth-order valence-corrected chi connectivity index (χ4v) is 4.09. The largest absolute Gasteiger partial charge is 0.280 e. The lowest BCUT2D eigenvalue weighted by atomic mass is 10.2. The standard InChI is InChI=1S/C13H9ClN2O2S2/c14-13-12(2-1-6-15-13)20(17,18)16-10-3-4-11-9(8-10)5-7-19-11/h1-8,16H. The highest BCUT2D eigenvalue weighted by Gasteiger charge is 2.18. The second-order valence-electron chi connectivity index (χ2n) is 4.07. The quantitative estimate of drug-likeness (QED) is 0.746. The summed E-state index contributed by atoms with van der Waals surface area (Å²) in [6, 6.07) is 10.3. The number of rotatable bonds is 3. The first-order chi connectivity index (χ1) is 9.56. The van der Waals surface area contributed by atoms with Gasteiger partial charge in [0.15, 0.2) is 0 Å².